The molecule has 1 aromatic carbocycles. The molecular formula is C14H18N4O. The standard InChI is InChI=1S/C14H18N4O/c1-11-12(10-18(2)17-11)8-16-14(19)9-15-13-6-4-3-5-7-13/h3-7,10,15H,8-9H2,1-2H3,(H,16,19). The molecule has 0 bridgehead atoms. The molecule has 5 nitrogen and oxygen atoms in total. The number of aryl methyl sites for hydroxylation is 2. The molecule has 0 fully saturated rings. The number of nitrogens with zero attached hydrogens (tertiary/aromatic N) is 2. The van der Waals surface area contributed by atoms with E-state index in [-0.39, 0.29) is 12.5 Å². The second-order valence-corrected chi connectivity index (χ2v) is 4.41. The van der Waals surface area contributed by atoms with Crippen LogP contribution in [0, 0.1) is 6.92 Å². The van der Waals surface area contributed by atoms with Gasteiger partial charge in [-0.05, 0) is 19.1 Å². The highest BCUT2D eigenvalue weighted by Crippen LogP contribution is 2.05. The van der Waals surface area contributed by atoms with Crippen LogP contribution in [0.3, 0.4) is 0 Å². The van der Waals surface area contributed by atoms with Crippen LogP contribution in [-0.2, 0) is 18.4 Å². The zero-order valence-electron chi connectivity index (χ0n) is 11.2. The number of carbonyl (C=O) groups excluding carboxylic acids is 1. The lowest BCUT2D eigenvalue weighted by Crippen LogP contribution is -2.29. The zero-order valence-corrected chi connectivity index (χ0v) is 11.2. The normalized spacial score (nSPS) is 10.2. The maximum absolute atomic E-state index is 11.7. The minimum atomic E-state index is -0.0351. The summed E-state index contributed by atoms with van der Waals surface area (Å²) in [6.45, 7) is 2.71. The van der Waals surface area contributed by atoms with Crippen LogP contribution in [0.15, 0.2) is 36.5 Å². The van der Waals surface area contributed by atoms with E-state index in [1.54, 1.807) is 4.68 Å². The summed E-state index contributed by atoms with van der Waals surface area (Å²) >= 11 is 0. The van der Waals surface area contributed by atoms with Gasteiger partial charge in [-0.15, -0.1) is 0 Å². The van der Waals surface area contributed by atoms with Crippen LogP contribution in [0.25, 0.3) is 0 Å². The van der Waals surface area contributed by atoms with Gasteiger partial charge in [0.1, 0.15) is 0 Å². The highest BCUT2D eigenvalue weighted by atomic mass is 16.1. The van der Waals surface area contributed by atoms with Gasteiger partial charge in [0.15, 0.2) is 0 Å². The fourth-order valence-electron chi connectivity index (χ4n) is 1.82. The van der Waals surface area contributed by atoms with Crippen molar-refractivity contribution >= 4 is 11.6 Å². The van der Waals surface area contributed by atoms with Crippen LogP contribution < -0.4 is 10.6 Å². The molecule has 2 aromatic rings. The molecule has 2 N–H and O–H groups in total. The van der Waals surface area contributed by atoms with E-state index in [1.165, 1.54) is 0 Å². The summed E-state index contributed by atoms with van der Waals surface area (Å²) in [7, 11) is 1.87. The molecule has 0 atom stereocenters. The van der Waals surface area contributed by atoms with Crippen molar-refractivity contribution < 1.29 is 4.79 Å². The molecule has 0 spiro atoms. The number of anilines is 1. The van der Waals surface area contributed by atoms with Gasteiger partial charge in [0.25, 0.3) is 0 Å². The van der Waals surface area contributed by atoms with Gasteiger partial charge in [0, 0.05) is 31.0 Å². The maximum atomic E-state index is 11.7. The summed E-state index contributed by atoms with van der Waals surface area (Å²) in [4.78, 5) is 11.7. The summed E-state index contributed by atoms with van der Waals surface area (Å²) in [5.74, 6) is -0.0351. The topological polar surface area (TPSA) is 59.0 Å². The lowest BCUT2D eigenvalue weighted by atomic mass is 10.2. The molecule has 5 heteroatoms. The molecule has 1 aromatic heterocycles. The molecule has 0 aliphatic heterocycles. The van der Waals surface area contributed by atoms with Gasteiger partial charge in [-0.3, -0.25) is 9.48 Å². The van der Waals surface area contributed by atoms with E-state index in [2.05, 4.69) is 15.7 Å². The molecule has 0 saturated carbocycles. The highest BCUT2D eigenvalue weighted by Gasteiger charge is 2.05. The number of benzene rings is 1. The third-order valence-corrected chi connectivity index (χ3v) is 2.82. The van der Waals surface area contributed by atoms with E-state index >= 15 is 0 Å². The fourth-order valence-corrected chi connectivity index (χ4v) is 1.82. The van der Waals surface area contributed by atoms with Crippen molar-refractivity contribution in [3.8, 4) is 0 Å². The minimum absolute atomic E-state index is 0.0351. The van der Waals surface area contributed by atoms with Gasteiger partial charge in [-0.25, -0.2) is 0 Å². The Bertz CT molecular complexity index is 548. The molecule has 100 valence electrons. The van der Waals surface area contributed by atoms with Crippen molar-refractivity contribution in [1.82, 2.24) is 15.1 Å². The summed E-state index contributed by atoms with van der Waals surface area (Å²) in [6.07, 6.45) is 1.92. The minimum Gasteiger partial charge on any atom is -0.376 e. The Labute approximate surface area is 112 Å². The Morgan fingerprint density at radius 1 is 1.32 bits per heavy atom. The van der Waals surface area contributed by atoms with Gasteiger partial charge >= 0.3 is 0 Å². The quantitative estimate of drug-likeness (QED) is 0.853. The molecule has 1 amide bonds. The number of hydrogen-bond acceptors (Lipinski definition) is 3. The van der Waals surface area contributed by atoms with Crippen LogP contribution in [0.1, 0.15) is 11.3 Å². The first-order chi connectivity index (χ1) is 9.15. The van der Waals surface area contributed by atoms with E-state index in [9.17, 15) is 4.79 Å². The number of para-hydroxylation sites is 1. The van der Waals surface area contributed by atoms with Gasteiger partial charge < -0.3 is 10.6 Å². The van der Waals surface area contributed by atoms with Crippen molar-refractivity contribution in [2.45, 2.75) is 13.5 Å². The summed E-state index contributed by atoms with van der Waals surface area (Å²) in [5, 5.41) is 10.2. The Kier molecular flexibility index (Phi) is 4.18. The smallest absolute Gasteiger partial charge is 0.239 e. The second kappa shape index (κ2) is 6.04. The predicted octanol–water partition coefficient (Wildman–Crippen LogP) is 1.46. The number of aromatic nitrogens is 2. The van der Waals surface area contributed by atoms with Crippen LogP contribution in [0.5, 0.6) is 0 Å². The molecular weight excluding hydrogens is 240 g/mol. The van der Waals surface area contributed by atoms with Gasteiger partial charge in [0.2, 0.25) is 5.91 Å². The first kappa shape index (κ1) is 13.1. The highest BCUT2D eigenvalue weighted by molar-refractivity contribution is 5.80. The summed E-state index contributed by atoms with van der Waals surface area (Å²) in [6, 6.07) is 9.66. The number of carbonyl (C=O) groups is 1. The van der Waals surface area contributed by atoms with Crippen LogP contribution in [-0.4, -0.2) is 22.2 Å². The molecule has 19 heavy (non-hydrogen) atoms. The van der Waals surface area contributed by atoms with E-state index in [1.807, 2.05) is 50.5 Å². The van der Waals surface area contributed by atoms with Crippen LogP contribution >= 0.6 is 0 Å². The third-order valence-electron chi connectivity index (χ3n) is 2.82. The van der Waals surface area contributed by atoms with Crippen molar-refractivity contribution in [3.63, 3.8) is 0 Å². The number of rotatable bonds is 5. The third kappa shape index (κ3) is 3.84. The van der Waals surface area contributed by atoms with Crippen molar-refractivity contribution in [2.75, 3.05) is 11.9 Å². The summed E-state index contributed by atoms with van der Waals surface area (Å²) in [5.41, 5.74) is 2.92. The number of nitrogens with one attached hydrogen (secondary N) is 2. The molecule has 1 heterocycles. The molecule has 2 rings (SSSR count). The molecule has 0 aliphatic carbocycles. The molecule has 0 unspecified atom stereocenters. The maximum Gasteiger partial charge on any atom is 0.239 e. The first-order valence-electron chi connectivity index (χ1n) is 6.20. The Balaban J connectivity index is 1.77. The van der Waals surface area contributed by atoms with Crippen molar-refractivity contribution in [1.29, 1.82) is 0 Å². The predicted molar refractivity (Wildman–Crippen MR) is 74.7 cm³/mol. The van der Waals surface area contributed by atoms with E-state index in [0.717, 1.165) is 16.9 Å². The first-order valence-corrected chi connectivity index (χ1v) is 6.20. The second-order valence-electron chi connectivity index (χ2n) is 4.41. The van der Waals surface area contributed by atoms with Gasteiger partial charge in [-0.1, -0.05) is 18.2 Å². The van der Waals surface area contributed by atoms with Gasteiger partial charge in [0.05, 0.1) is 12.2 Å². The Morgan fingerprint density at radius 2 is 2.05 bits per heavy atom. The van der Waals surface area contributed by atoms with Gasteiger partial charge in [-0.2, -0.15) is 5.10 Å². The lowest BCUT2D eigenvalue weighted by Gasteiger charge is -2.07. The Hall–Kier alpha value is -2.30. The average molecular weight is 258 g/mol. The number of hydrogen-bond donors (Lipinski definition) is 2. The number of amides is 1. The van der Waals surface area contributed by atoms with Crippen molar-refractivity contribution in [2.24, 2.45) is 7.05 Å². The fraction of sp³-hybridized carbons (Fsp3) is 0.286. The van der Waals surface area contributed by atoms with E-state index in [0.29, 0.717) is 6.54 Å². The van der Waals surface area contributed by atoms with E-state index in [4.69, 9.17) is 0 Å². The van der Waals surface area contributed by atoms with Crippen LogP contribution in [0.2, 0.25) is 0 Å². The van der Waals surface area contributed by atoms with Crippen LogP contribution in [0.4, 0.5) is 5.69 Å². The Morgan fingerprint density at radius 3 is 2.68 bits per heavy atom. The monoisotopic (exact) mass is 258 g/mol. The molecule has 0 aliphatic rings. The average Bonchev–Trinajstić information content (AvgIpc) is 2.73. The SMILES string of the molecule is Cc1nn(C)cc1CNC(=O)CNc1ccccc1. The largest absolute Gasteiger partial charge is 0.376 e. The van der Waals surface area contributed by atoms with E-state index < -0.39 is 0 Å². The van der Waals surface area contributed by atoms with Crippen molar-refractivity contribution in [3.05, 3.63) is 47.8 Å². The molecule has 0 saturated heterocycles. The lowest BCUT2D eigenvalue weighted by molar-refractivity contribution is -0.119. The molecule has 0 radical (unpaired) electrons. The summed E-state index contributed by atoms with van der Waals surface area (Å²) < 4.78 is 1.75. The zero-order chi connectivity index (χ0) is 13.7.